The third kappa shape index (κ3) is 3.34. The molecular formula is C20H27FN2O. The molecule has 24 heavy (non-hydrogen) atoms. The number of nitrogens with zero attached hydrogens (tertiary/aromatic N) is 2. The average Bonchev–Trinajstić information content (AvgIpc) is 3.35. The van der Waals surface area contributed by atoms with Crippen LogP contribution in [0.3, 0.4) is 0 Å². The zero-order valence-corrected chi connectivity index (χ0v) is 14.3. The monoisotopic (exact) mass is 330 g/mol. The van der Waals surface area contributed by atoms with Crippen molar-refractivity contribution in [1.29, 1.82) is 0 Å². The van der Waals surface area contributed by atoms with Crippen LogP contribution in [-0.4, -0.2) is 40.9 Å². The number of hydrogen-bond acceptors (Lipinski definition) is 2. The van der Waals surface area contributed by atoms with Crippen molar-refractivity contribution in [3.63, 3.8) is 0 Å². The Hall–Kier alpha value is -1.42. The number of amides is 1. The number of hydrogen-bond donors (Lipinski definition) is 0. The highest BCUT2D eigenvalue weighted by Gasteiger charge is 2.45. The van der Waals surface area contributed by atoms with Crippen molar-refractivity contribution in [3.8, 4) is 0 Å². The summed E-state index contributed by atoms with van der Waals surface area (Å²) in [6.07, 6.45) is 7.74. The quantitative estimate of drug-likeness (QED) is 0.842. The zero-order valence-electron chi connectivity index (χ0n) is 14.3. The summed E-state index contributed by atoms with van der Waals surface area (Å²) in [7, 11) is 0. The number of rotatable bonds is 4. The van der Waals surface area contributed by atoms with Crippen LogP contribution in [0.2, 0.25) is 0 Å². The van der Waals surface area contributed by atoms with Gasteiger partial charge >= 0.3 is 0 Å². The lowest BCUT2D eigenvalue weighted by Gasteiger charge is -2.38. The zero-order chi connectivity index (χ0) is 16.6. The van der Waals surface area contributed by atoms with Crippen molar-refractivity contribution in [1.82, 2.24) is 9.80 Å². The Morgan fingerprint density at radius 1 is 1.17 bits per heavy atom. The molecule has 3 aliphatic rings. The molecule has 130 valence electrons. The summed E-state index contributed by atoms with van der Waals surface area (Å²) in [5.41, 5.74) is 0.908. The lowest BCUT2D eigenvalue weighted by atomic mass is 9.87. The first kappa shape index (κ1) is 16.1. The second kappa shape index (κ2) is 6.47. The van der Waals surface area contributed by atoms with E-state index in [9.17, 15) is 9.18 Å². The van der Waals surface area contributed by atoms with Gasteiger partial charge in [-0.15, -0.1) is 0 Å². The van der Waals surface area contributed by atoms with E-state index in [0.29, 0.717) is 13.0 Å². The van der Waals surface area contributed by atoms with E-state index in [1.165, 1.54) is 38.4 Å². The van der Waals surface area contributed by atoms with Gasteiger partial charge in [-0.05, 0) is 68.7 Å². The summed E-state index contributed by atoms with van der Waals surface area (Å²) in [4.78, 5) is 17.2. The Kier molecular flexibility index (Phi) is 4.33. The molecule has 1 amide bonds. The van der Waals surface area contributed by atoms with E-state index in [0.717, 1.165) is 37.3 Å². The van der Waals surface area contributed by atoms with Crippen molar-refractivity contribution < 1.29 is 9.18 Å². The molecule has 0 N–H and O–H groups in total. The third-order valence-corrected chi connectivity index (χ3v) is 6.13. The van der Waals surface area contributed by atoms with E-state index in [1.54, 1.807) is 12.1 Å². The molecule has 2 heterocycles. The van der Waals surface area contributed by atoms with Gasteiger partial charge in [-0.2, -0.15) is 0 Å². The Balaban J connectivity index is 1.48. The number of likely N-dealkylation sites (tertiary alicyclic amines) is 2. The Morgan fingerprint density at radius 3 is 2.83 bits per heavy atom. The first-order chi connectivity index (χ1) is 11.6. The average molecular weight is 330 g/mol. The molecule has 1 unspecified atom stereocenters. The number of carbonyl (C=O) groups is 1. The maximum Gasteiger partial charge on any atom is 0.223 e. The van der Waals surface area contributed by atoms with E-state index in [4.69, 9.17) is 0 Å². The smallest absolute Gasteiger partial charge is 0.223 e. The van der Waals surface area contributed by atoms with E-state index < -0.39 is 0 Å². The van der Waals surface area contributed by atoms with Crippen molar-refractivity contribution in [2.75, 3.05) is 19.6 Å². The predicted molar refractivity (Wildman–Crippen MR) is 91.9 cm³/mol. The SMILES string of the molecule is O=C1CCC2(CCCN(CC3CC3)CC2)N1Cc1cccc(F)c1. The van der Waals surface area contributed by atoms with Crippen molar-refractivity contribution >= 4 is 5.91 Å². The van der Waals surface area contributed by atoms with Gasteiger partial charge in [0, 0.05) is 31.6 Å². The summed E-state index contributed by atoms with van der Waals surface area (Å²) in [6, 6.07) is 6.70. The molecule has 1 aliphatic carbocycles. The van der Waals surface area contributed by atoms with Crippen LogP contribution >= 0.6 is 0 Å². The second-order valence-corrected chi connectivity index (χ2v) is 7.93. The Bertz CT molecular complexity index is 615. The molecular weight excluding hydrogens is 303 g/mol. The molecule has 1 atom stereocenters. The molecule has 0 bridgehead atoms. The van der Waals surface area contributed by atoms with Gasteiger partial charge in [0.1, 0.15) is 5.82 Å². The maximum absolute atomic E-state index is 13.5. The summed E-state index contributed by atoms with van der Waals surface area (Å²) in [6.45, 7) is 4.07. The predicted octanol–water partition coefficient (Wildman–Crippen LogP) is 3.58. The van der Waals surface area contributed by atoms with E-state index in [1.807, 2.05) is 6.07 Å². The number of halogens is 1. The Morgan fingerprint density at radius 2 is 2.04 bits per heavy atom. The lowest BCUT2D eigenvalue weighted by molar-refractivity contribution is -0.132. The standard InChI is InChI=1S/C20H27FN2O/c21-18-4-1-3-17(13-18)15-23-19(24)7-9-20(23)8-2-11-22(12-10-20)14-16-5-6-16/h1,3-4,13,16H,2,5-12,14-15H2. The molecule has 0 radical (unpaired) electrons. The highest BCUT2D eigenvalue weighted by Crippen LogP contribution is 2.41. The minimum Gasteiger partial charge on any atom is -0.333 e. The normalized spacial score (nSPS) is 28.5. The van der Waals surface area contributed by atoms with Crippen LogP contribution < -0.4 is 0 Å². The van der Waals surface area contributed by atoms with Crippen LogP contribution in [0, 0.1) is 11.7 Å². The van der Waals surface area contributed by atoms with Gasteiger partial charge in [0.25, 0.3) is 0 Å². The van der Waals surface area contributed by atoms with Crippen LogP contribution in [0.15, 0.2) is 24.3 Å². The molecule has 1 aromatic carbocycles. The van der Waals surface area contributed by atoms with Gasteiger partial charge in [-0.1, -0.05) is 12.1 Å². The van der Waals surface area contributed by atoms with Gasteiger partial charge in [0.2, 0.25) is 5.91 Å². The van der Waals surface area contributed by atoms with Crippen LogP contribution in [0.4, 0.5) is 4.39 Å². The lowest BCUT2D eigenvalue weighted by Crippen LogP contribution is -2.46. The second-order valence-electron chi connectivity index (χ2n) is 7.93. The largest absolute Gasteiger partial charge is 0.333 e. The number of carbonyl (C=O) groups excluding carboxylic acids is 1. The fourth-order valence-electron chi connectivity index (χ4n) is 4.55. The van der Waals surface area contributed by atoms with Crippen LogP contribution in [0.5, 0.6) is 0 Å². The molecule has 4 rings (SSSR count). The van der Waals surface area contributed by atoms with Crippen molar-refractivity contribution in [2.24, 2.45) is 5.92 Å². The Labute approximate surface area is 143 Å². The highest BCUT2D eigenvalue weighted by molar-refractivity contribution is 5.79. The minimum atomic E-state index is -0.218. The summed E-state index contributed by atoms with van der Waals surface area (Å²) in [5, 5.41) is 0. The molecule has 4 heteroatoms. The highest BCUT2D eigenvalue weighted by atomic mass is 19.1. The maximum atomic E-state index is 13.5. The van der Waals surface area contributed by atoms with Gasteiger partial charge < -0.3 is 9.80 Å². The molecule has 1 aromatic rings. The molecule has 0 aromatic heterocycles. The molecule has 2 aliphatic heterocycles. The fraction of sp³-hybridized carbons (Fsp3) is 0.650. The van der Waals surface area contributed by atoms with Gasteiger partial charge in [0.15, 0.2) is 0 Å². The van der Waals surface area contributed by atoms with Gasteiger partial charge in [-0.3, -0.25) is 4.79 Å². The van der Waals surface area contributed by atoms with Crippen molar-refractivity contribution in [3.05, 3.63) is 35.6 Å². The first-order valence-electron chi connectivity index (χ1n) is 9.42. The topological polar surface area (TPSA) is 23.6 Å². The van der Waals surface area contributed by atoms with E-state index in [-0.39, 0.29) is 17.3 Å². The summed E-state index contributed by atoms with van der Waals surface area (Å²) < 4.78 is 13.5. The third-order valence-electron chi connectivity index (χ3n) is 6.13. The fourth-order valence-corrected chi connectivity index (χ4v) is 4.55. The molecule has 3 nitrogen and oxygen atoms in total. The molecule has 2 saturated heterocycles. The van der Waals surface area contributed by atoms with Crippen LogP contribution in [0.25, 0.3) is 0 Å². The molecule has 1 saturated carbocycles. The summed E-state index contributed by atoms with van der Waals surface area (Å²) >= 11 is 0. The molecule has 1 spiro atoms. The van der Waals surface area contributed by atoms with E-state index in [2.05, 4.69) is 9.80 Å². The minimum absolute atomic E-state index is 0.00169. The summed E-state index contributed by atoms with van der Waals surface area (Å²) in [5.74, 6) is 0.951. The van der Waals surface area contributed by atoms with Gasteiger partial charge in [0.05, 0.1) is 0 Å². The number of benzene rings is 1. The molecule has 3 fully saturated rings. The van der Waals surface area contributed by atoms with Crippen LogP contribution in [0.1, 0.15) is 50.5 Å². The first-order valence-corrected chi connectivity index (χ1v) is 9.42. The van der Waals surface area contributed by atoms with E-state index >= 15 is 0 Å². The van der Waals surface area contributed by atoms with Gasteiger partial charge in [-0.25, -0.2) is 4.39 Å². The van der Waals surface area contributed by atoms with Crippen molar-refractivity contribution in [2.45, 2.75) is 57.0 Å². The van der Waals surface area contributed by atoms with Crippen LogP contribution in [-0.2, 0) is 11.3 Å².